The molecule has 4 saturated heterocycles. The predicted molar refractivity (Wildman–Crippen MR) is 77.2 cm³/mol. The summed E-state index contributed by atoms with van der Waals surface area (Å²) >= 11 is -38.6. The molecule has 0 amide bonds. The molecule has 0 spiro atoms. The summed E-state index contributed by atoms with van der Waals surface area (Å²) in [5, 5.41) is 0. The third kappa shape index (κ3) is 133. The molecule has 0 radical (unpaired) electrons. The molecule has 0 saturated carbocycles. The average Bonchev–Trinajstić information content (AvgIpc) is 2.49. The van der Waals surface area contributed by atoms with Gasteiger partial charge in [-0.3, -0.25) is 19.6 Å². The average molecular weight is 1270 g/mol. The second-order valence-electron chi connectivity index (χ2n) is 6.67. The Hall–Kier alpha value is 1.30. The van der Waals surface area contributed by atoms with Crippen molar-refractivity contribution < 1.29 is 217 Å². The molecule has 0 atom stereocenters. The summed E-state index contributed by atoms with van der Waals surface area (Å²) < 4.78 is 224. The molecule has 4 heterocycles. The van der Waals surface area contributed by atoms with E-state index in [1.165, 1.54) is 40.0 Å². The van der Waals surface area contributed by atoms with E-state index in [4.69, 9.17) is 100 Å². The van der Waals surface area contributed by atoms with Crippen LogP contribution >= 0.6 is 0 Å². The molecule has 4 aliphatic rings. The number of hydrogen-bond donors (Lipinski definition) is 14. The second-order valence-corrected chi connectivity index (χ2v) is 22.1. The molecule has 39 heteroatoms. The summed E-state index contributed by atoms with van der Waals surface area (Å²) in [7, 11) is 0. The number of hydrogen-bond acceptors (Lipinski definition) is 18. The van der Waals surface area contributed by atoms with Gasteiger partial charge in [0.2, 0.25) is 0 Å². The van der Waals surface area contributed by atoms with E-state index >= 15 is 0 Å². The second kappa shape index (κ2) is 23.7. The first-order chi connectivity index (χ1) is 18.9. The van der Waals surface area contributed by atoms with E-state index in [1.54, 1.807) is 0 Å². The van der Waals surface area contributed by atoms with Crippen molar-refractivity contribution in [2.45, 2.75) is 0 Å². The fraction of sp³-hybridized carbons (Fsp3) is 1.00. The summed E-state index contributed by atoms with van der Waals surface area (Å²) in [5.41, 5.74) is 0. The van der Waals surface area contributed by atoms with Gasteiger partial charge < -0.3 is 0 Å². The molecule has 32 nitrogen and oxygen atoms in total. The summed E-state index contributed by atoms with van der Waals surface area (Å²) in [6.45, 7) is 7.12. The molecule has 0 aliphatic carbocycles. The topological polar surface area (TPSA) is 535 Å². The predicted octanol–water partition coefficient (Wildman–Crippen LogP) is -10.5. The summed E-state index contributed by atoms with van der Waals surface area (Å²) in [6.07, 6.45) is 0. The van der Waals surface area contributed by atoms with E-state index in [0.717, 1.165) is 0 Å². The van der Waals surface area contributed by atoms with Crippen LogP contribution in [0.25, 0.3) is 0 Å². The number of rotatable bonds is 0. The zero-order valence-electron chi connectivity index (χ0n) is 20.9. The molecule has 280 valence electrons. The molecule has 0 aromatic carbocycles. The van der Waals surface area contributed by atoms with Crippen molar-refractivity contribution in [3.05, 3.63) is 0 Å². The first-order valence-electron chi connectivity index (χ1n) is 8.68. The van der Waals surface area contributed by atoms with Crippen LogP contribution in [0.5, 0.6) is 0 Å². The Kier molecular flexibility index (Phi) is 29.3. The molecule has 0 unspecified atom stereocenters. The zero-order chi connectivity index (χ0) is 38.1. The van der Waals surface area contributed by atoms with Crippen molar-refractivity contribution in [1.29, 1.82) is 0 Å². The van der Waals surface area contributed by atoms with Gasteiger partial charge >= 0.3 is 217 Å². The van der Waals surface area contributed by atoms with Crippen molar-refractivity contribution in [2.75, 3.05) is 40.0 Å². The van der Waals surface area contributed by atoms with Gasteiger partial charge in [0.1, 0.15) is 0 Å². The van der Waals surface area contributed by atoms with Crippen molar-refractivity contribution in [1.82, 2.24) is 19.6 Å². The Morgan fingerprint density at radius 1 is 0.222 bits per heavy atom. The van der Waals surface area contributed by atoms with Crippen LogP contribution in [0.4, 0.5) is 0 Å². The molecule has 0 aromatic heterocycles. The van der Waals surface area contributed by atoms with Crippen LogP contribution in [0, 0.1) is 0 Å². The molecule has 0 aromatic rings. The standard InChI is InChI=1S/C6H12N4.7Mo.14H2O.14O/c1-7-2-9-4-8(1)5-10(3-7)6-9;;;;;;;;;;;;;;;;;;;;;;;;;;;;;;;;;;;/h1-6H2;;;;;;;;14*1H2;;;;;;;;;;;;;;/q;7*+2;;;;;;;;;;;;;;;;;;;;;;;;;;;;/p-14. The van der Waals surface area contributed by atoms with Crippen molar-refractivity contribution in [3.8, 4) is 0 Å². The van der Waals surface area contributed by atoms with Crippen LogP contribution in [0.15, 0.2) is 0 Å². The fourth-order valence-electron chi connectivity index (χ4n) is 2.23. The molecule has 14 N–H and O–H groups in total. The number of nitrogens with zero attached hydrogens (tertiary/aromatic N) is 4. The molecular weight excluding hydrogens is 1250 g/mol. The van der Waals surface area contributed by atoms with Gasteiger partial charge in [-0.15, -0.1) is 0 Å². The summed E-state index contributed by atoms with van der Waals surface area (Å²) in [6, 6.07) is 0. The van der Waals surface area contributed by atoms with E-state index < -0.39 is 117 Å². The van der Waals surface area contributed by atoms with Crippen molar-refractivity contribution in [2.24, 2.45) is 0 Å². The minimum atomic E-state index is -5.52. The minimum absolute atomic E-state index is 1.19. The molecular formula is C6H26Mo7N4O28. The van der Waals surface area contributed by atoms with Crippen LogP contribution in [-0.2, 0) is 165 Å². The van der Waals surface area contributed by atoms with Crippen LogP contribution in [-0.4, -0.2) is 112 Å². The first-order valence-corrected chi connectivity index (χ1v) is 32.7. The third-order valence-electron chi connectivity index (χ3n) is 2.40. The van der Waals surface area contributed by atoms with E-state index in [1.807, 2.05) is 0 Å². The van der Waals surface area contributed by atoms with Gasteiger partial charge in [-0.1, -0.05) is 0 Å². The van der Waals surface area contributed by atoms with Gasteiger partial charge in [-0.2, -0.15) is 0 Å². The molecule has 45 heavy (non-hydrogen) atoms. The Balaban J connectivity index is -0.000000139. The van der Waals surface area contributed by atoms with Gasteiger partial charge in [0.15, 0.2) is 0 Å². The quantitative estimate of drug-likeness (QED) is 0.100. The van der Waals surface area contributed by atoms with E-state index in [0.29, 0.717) is 0 Å². The molecule has 4 bridgehead atoms. The normalized spacial score (nSPS) is 21.8. The first kappa shape index (κ1) is 55.7. The summed E-state index contributed by atoms with van der Waals surface area (Å²) in [4.78, 5) is 9.88. The van der Waals surface area contributed by atoms with Crippen molar-refractivity contribution in [3.63, 3.8) is 0 Å². The SMILES string of the molecule is C1N2CN3CN1CN(C2)C3.[O]=[Mo](=[O])([OH])[OH].[O]=[Mo](=[O])([OH])[OH].[O]=[Mo](=[O])([OH])[OH].[O]=[Mo](=[O])([OH])[OH].[O]=[Mo](=[O])([OH])[OH].[O]=[Mo](=[O])([OH])[OH].[O]=[Mo](=[O])([OH])[OH]. The molecule has 4 rings (SSSR count). The maximum absolute atomic E-state index is 8.85. The fourth-order valence-corrected chi connectivity index (χ4v) is 2.23. The Bertz CT molecular complexity index is 1190. The van der Waals surface area contributed by atoms with Crippen molar-refractivity contribution >= 4 is 0 Å². The van der Waals surface area contributed by atoms with Gasteiger partial charge in [-0.05, 0) is 0 Å². The Morgan fingerprint density at radius 3 is 0.311 bits per heavy atom. The third-order valence-corrected chi connectivity index (χ3v) is 2.40. The van der Waals surface area contributed by atoms with Gasteiger partial charge in [0.05, 0.1) is 40.0 Å². The Labute approximate surface area is 273 Å². The van der Waals surface area contributed by atoms with E-state index in [-0.39, 0.29) is 0 Å². The van der Waals surface area contributed by atoms with E-state index in [9.17, 15) is 0 Å². The Morgan fingerprint density at radius 2 is 0.267 bits per heavy atom. The van der Waals surface area contributed by atoms with Crippen LogP contribution in [0.1, 0.15) is 0 Å². The monoisotopic (exact) mass is 1290 g/mol. The van der Waals surface area contributed by atoms with Gasteiger partial charge in [0, 0.05) is 0 Å². The maximum atomic E-state index is 8.85. The summed E-state index contributed by atoms with van der Waals surface area (Å²) in [5.74, 6) is 0. The van der Waals surface area contributed by atoms with Gasteiger partial charge in [0.25, 0.3) is 0 Å². The molecule has 4 aliphatic heterocycles. The van der Waals surface area contributed by atoms with Crippen LogP contribution in [0.2, 0.25) is 0 Å². The zero-order valence-corrected chi connectivity index (χ0v) is 34.9. The van der Waals surface area contributed by atoms with Gasteiger partial charge in [-0.25, -0.2) is 0 Å². The van der Waals surface area contributed by atoms with Crippen LogP contribution < -0.4 is 0 Å². The molecule has 4 fully saturated rings. The van der Waals surface area contributed by atoms with E-state index in [2.05, 4.69) is 19.6 Å². The van der Waals surface area contributed by atoms with Crippen LogP contribution in [0.3, 0.4) is 0 Å².